The largest absolute Gasteiger partial charge is 0.342 e. The molecule has 1 aromatic heterocycles. The van der Waals surface area contributed by atoms with Crippen LogP contribution in [0.15, 0.2) is 22.7 Å². The normalized spacial score (nSPS) is 13.3. The maximum atomic E-state index is 5.89. The second-order valence-corrected chi connectivity index (χ2v) is 4.63. The summed E-state index contributed by atoms with van der Waals surface area (Å²) in [4.78, 5) is 7.77. The van der Waals surface area contributed by atoms with Gasteiger partial charge in [-0.2, -0.15) is 0 Å². The van der Waals surface area contributed by atoms with Crippen molar-refractivity contribution in [2.24, 2.45) is 5.73 Å². The maximum absolute atomic E-state index is 5.89. The van der Waals surface area contributed by atoms with Gasteiger partial charge in [-0.1, -0.05) is 22.9 Å². The van der Waals surface area contributed by atoms with Crippen LogP contribution in [0.4, 0.5) is 0 Å². The number of rotatable bonds is 3. The van der Waals surface area contributed by atoms with Crippen molar-refractivity contribution in [3.63, 3.8) is 0 Å². The van der Waals surface area contributed by atoms with Crippen molar-refractivity contribution in [2.75, 3.05) is 0 Å². The average molecular weight is 268 g/mol. The Morgan fingerprint density at radius 2 is 2.33 bits per heavy atom. The molecule has 15 heavy (non-hydrogen) atoms. The molecule has 1 atom stereocenters. The lowest BCUT2D eigenvalue weighted by molar-refractivity contribution is 0.630. The third-order valence-corrected chi connectivity index (χ3v) is 2.97. The van der Waals surface area contributed by atoms with Crippen LogP contribution in [0.25, 0.3) is 11.0 Å². The summed E-state index contributed by atoms with van der Waals surface area (Å²) in [6, 6.07) is 6.21. The fourth-order valence-corrected chi connectivity index (χ4v) is 1.89. The van der Waals surface area contributed by atoms with Gasteiger partial charge < -0.3 is 10.7 Å². The fourth-order valence-electron chi connectivity index (χ4n) is 1.52. The van der Waals surface area contributed by atoms with E-state index < -0.39 is 0 Å². The second kappa shape index (κ2) is 4.33. The predicted octanol–water partition coefficient (Wildman–Crippen LogP) is 2.61. The molecule has 2 aromatic rings. The van der Waals surface area contributed by atoms with E-state index in [-0.39, 0.29) is 6.04 Å². The Kier molecular flexibility index (Phi) is 3.07. The highest BCUT2D eigenvalue weighted by molar-refractivity contribution is 9.10. The predicted molar refractivity (Wildman–Crippen MR) is 65.8 cm³/mol. The third-order valence-electron chi connectivity index (χ3n) is 2.47. The van der Waals surface area contributed by atoms with Gasteiger partial charge in [0.15, 0.2) is 0 Å². The number of nitrogens with two attached hydrogens (primary N) is 1. The monoisotopic (exact) mass is 267 g/mol. The Bertz CT molecular complexity index is 464. The Hall–Kier alpha value is -0.870. The first-order valence-electron chi connectivity index (χ1n) is 5.08. The third kappa shape index (κ3) is 2.38. The summed E-state index contributed by atoms with van der Waals surface area (Å²) in [6.45, 7) is 2.09. The lowest BCUT2D eigenvalue weighted by Gasteiger charge is -2.04. The molecule has 1 heterocycles. The van der Waals surface area contributed by atoms with Crippen LogP contribution in [0.1, 0.15) is 19.2 Å². The number of hydrogen-bond acceptors (Lipinski definition) is 2. The first-order chi connectivity index (χ1) is 7.19. The smallest absolute Gasteiger partial charge is 0.108 e. The zero-order valence-electron chi connectivity index (χ0n) is 8.63. The minimum Gasteiger partial charge on any atom is -0.342 e. The van der Waals surface area contributed by atoms with Crippen molar-refractivity contribution >= 4 is 27.0 Å². The van der Waals surface area contributed by atoms with Crippen LogP contribution >= 0.6 is 15.9 Å². The number of hydrogen-bond donors (Lipinski definition) is 2. The van der Waals surface area contributed by atoms with Crippen LogP contribution in [0.5, 0.6) is 0 Å². The molecule has 1 aromatic carbocycles. The van der Waals surface area contributed by atoms with Crippen molar-refractivity contribution in [1.82, 2.24) is 9.97 Å². The van der Waals surface area contributed by atoms with Crippen LogP contribution in [0, 0.1) is 0 Å². The number of halogens is 1. The van der Waals surface area contributed by atoms with E-state index in [2.05, 4.69) is 32.8 Å². The first-order valence-corrected chi connectivity index (χ1v) is 5.88. The van der Waals surface area contributed by atoms with Crippen LogP contribution in [-0.4, -0.2) is 16.0 Å². The minimum atomic E-state index is 0.189. The average Bonchev–Trinajstić information content (AvgIpc) is 2.59. The lowest BCUT2D eigenvalue weighted by Crippen LogP contribution is -2.21. The molecule has 0 aliphatic rings. The van der Waals surface area contributed by atoms with Gasteiger partial charge in [0.05, 0.1) is 11.0 Å². The zero-order valence-corrected chi connectivity index (χ0v) is 10.2. The summed E-state index contributed by atoms with van der Waals surface area (Å²) in [7, 11) is 0. The van der Waals surface area contributed by atoms with Gasteiger partial charge in [0, 0.05) is 16.9 Å². The molecular weight excluding hydrogens is 254 g/mol. The topological polar surface area (TPSA) is 54.7 Å². The number of aromatic amines is 1. The van der Waals surface area contributed by atoms with Crippen LogP contribution in [-0.2, 0) is 6.42 Å². The van der Waals surface area contributed by atoms with Crippen LogP contribution < -0.4 is 5.73 Å². The van der Waals surface area contributed by atoms with E-state index in [0.29, 0.717) is 0 Å². The second-order valence-electron chi connectivity index (χ2n) is 3.72. The quantitative estimate of drug-likeness (QED) is 0.899. The zero-order chi connectivity index (χ0) is 10.8. The number of nitrogens with one attached hydrogen (secondary N) is 1. The van der Waals surface area contributed by atoms with E-state index in [4.69, 9.17) is 5.73 Å². The first kappa shape index (κ1) is 10.6. The minimum absolute atomic E-state index is 0.189. The number of imidazole rings is 1. The van der Waals surface area contributed by atoms with Gasteiger partial charge in [-0.05, 0) is 24.6 Å². The van der Waals surface area contributed by atoms with Gasteiger partial charge in [0.25, 0.3) is 0 Å². The number of aromatic nitrogens is 2. The highest BCUT2D eigenvalue weighted by Gasteiger charge is 2.06. The molecule has 4 heteroatoms. The molecular formula is C11H14BrN3. The van der Waals surface area contributed by atoms with Gasteiger partial charge in [-0.15, -0.1) is 0 Å². The van der Waals surface area contributed by atoms with Crippen LogP contribution in [0.2, 0.25) is 0 Å². The van der Waals surface area contributed by atoms with Gasteiger partial charge in [-0.25, -0.2) is 4.98 Å². The van der Waals surface area contributed by atoms with Crippen molar-refractivity contribution in [3.05, 3.63) is 28.5 Å². The maximum Gasteiger partial charge on any atom is 0.108 e. The summed E-state index contributed by atoms with van der Waals surface area (Å²) in [5, 5.41) is 0. The summed E-state index contributed by atoms with van der Waals surface area (Å²) in [5.74, 6) is 0.970. The number of nitrogens with zero attached hydrogens (tertiary/aromatic N) is 1. The molecule has 0 spiro atoms. The number of fused-ring (bicyclic) bond motifs is 1. The molecule has 2 rings (SSSR count). The Morgan fingerprint density at radius 3 is 3.07 bits per heavy atom. The van der Waals surface area contributed by atoms with Crippen molar-refractivity contribution in [3.8, 4) is 0 Å². The Morgan fingerprint density at radius 1 is 1.53 bits per heavy atom. The highest BCUT2D eigenvalue weighted by Crippen LogP contribution is 2.18. The van der Waals surface area contributed by atoms with E-state index in [1.54, 1.807) is 0 Å². The molecule has 0 saturated heterocycles. The highest BCUT2D eigenvalue weighted by atomic mass is 79.9. The standard InChI is InChI=1S/C11H14BrN3/c1-2-8(13)6-11-14-9-4-3-7(12)5-10(9)15-11/h3-5,8H,2,6,13H2,1H3,(H,14,15). The SMILES string of the molecule is CCC(N)Cc1nc2ccc(Br)cc2[nH]1. The van der Waals surface area contributed by atoms with Crippen molar-refractivity contribution in [2.45, 2.75) is 25.8 Å². The molecule has 0 aliphatic carbocycles. The molecule has 3 nitrogen and oxygen atoms in total. The molecule has 0 radical (unpaired) electrons. The summed E-state index contributed by atoms with van der Waals surface area (Å²) in [5.41, 5.74) is 7.94. The molecule has 0 saturated carbocycles. The Balaban J connectivity index is 2.30. The summed E-state index contributed by atoms with van der Waals surface area (Å²) >= 11 is 3.43. The van der Waals surface area contributed by atoms with E-state index >= 15 is 0 Å². The van der Waals surface area contributed by atoms with Gasteiger partial charge in [0.2, 0.25) is 0 Å². The van der Waals surface area contributed by atoms with Crippen molar-refractivity contribution < 1.29 is 0 Å². The molecule has 0 bridgehead atoms. The molecule has 80 valence electrons. The van der Waals surface area contributed by atoms with Gasteiger partial charge in [0.1, 0.15) is 5.82 Å². The van der Waals surface area contributed by atoms with E-state index in [9.17, 15) is 0 Å². The molecule has 0 amide bonds. The van der Waals surface area contributed by atoms with E-state index in [1.807, 2.05) is 18.2 Å². The summed E-state index contributed by atoms with van der Waals surface area (Å²) < 4.78 is 1.06. The summed E-state index contributed by atoms with van der Waals surface area (Å²) in [6.07, 6.45) is 1.78. The van der Waals surface area contributed by atoms with E-state index in [0.717, 1.165) is 34.2 Å². The van der Waals surface area contributed by atoms with E-state index in [1.165, 1.54) is 0 Å². The van der Waals surface area contributed by atoms with Gasteiger partial charge in [-0.3, -0.25) is 0 Å². The molecule has 0 aliphatic heterocycles. The number of H-pyrrole nitrogens is 1. The Labute approximate surface area is 97.2 Å². The lowest BCUT2D eigenvalue weighted by atomic mass is 10.2. The van der Waals surface area contributed by atoms with Gasteiger partial charge >= 0.3 is 0 Å². The molecule has 3 N–H and O–H groups in total. The molecule has 1 unspecified atom stereocenters. The van der Waals surface area contributed by atoms with Crippen molar-refractivity contribution in [1.29, 1.82) is 0 Å². The number of benzene rings is 1. The molecule has 0 fully saturated rings. The fraction of sp³-hybridized carbons (Fsp3) is 0.364. The van der Waals surface area contributed by atoms with Crippen LogP contribution in [0.3, 0.4) is 0 Å².